The van der Waals surface area contributed by atoms with Crippen LogP contribution in [0.5, 0.6) is 0 Å². The largest absolute Gasteiger partial charge is 0.465 e. The van der Waals surface area contributed by atoms with Gasteiger partial charge in [-0.15, -0.1) is 0 Å². The molecule has 0 radical (unpaired) electrons. The van der Waals surface area contributed by atoms with E-state index in [1.54, 1.807) is 13.1 Å². The van der Waals surface area contributed by atoms with Crippen molar-refractivity contribution in [2.75, 3.05) is 13.1 Å². The standard InChI is InChI=1S/C10H22N2O4Si/c1-5-7-11(9(13)14)17(3,4)12(8-6-2)10(15)16/h5-8H2,1-4H3,(H,13,14)(H,15,16). The van der Waals surface area contributed by atoms with Gasteiger partial charge < -0.3 is 19.3 Å². The third kappa shape index (κ3) is 3.92. The minimum Gasteiger partial charge on any atom is -0.465 e. The fourth-order valence-electron chi connectivity index (χ4n) is 1.80. The molecule has 100 valence electrons. The minimum atomic E-state index is -2.66. The summed E-state index contributed by atoms with van der Waals surface area (Å²) in [6.45, 7) is 8.02. The Bertz CT molecular complexity index is 257. The summed E-state index contributed by atoms with van der Waals surface area (Å²) in [6.07, 6.45) is -0.707. The molecular formula is C10H22N2O4Si. The zero-order valence-corrected chi connectivity index (χ0v) is 11.9. The molecule has 0 saturated carbocycles. The summed E-state index contributed by atoms with van der Waals surface area (Å²) in [7, 11) is -2.66. The van der Waals surface area contributed by atoms with Crippen molar-refractivity contribution < 1.29 is 19.8 Å². The van der Waals surface area contributed by atoms with E-state index in [0.717, 1.165) is 0 Å². The normalized spacial score (nSPS) is 11.1. The molecule has 0 aromatic heterocycles. The highest BCUT2D eigenvalue weighted by Gasteiger charge is 2.41. The second kappa shape index (κ2) is 6.48. The Hall–Kier alpha value is -1.24. The van der Waals surface area contributed by atoms with Gasteiger partial charge >= 0.3 is 12.2 Å². The van der Waals surface area contributed by atoms with Crippen molar-refractivity contribution in [3.8, 4) is 0 Å². The lowest BCUT2D eigenvalue weighted by Gasteiger charge is -2.41. The SMILES string of the molecule is CCCN(C(=O)O)[Si](C)(C)N(CCC)C(=O)O. The molecule has 0 bridgehead atoms. The third-order valence-electron chi connectivity index (χ3n) is 2.68. The number of amides is 2. The van der Waals surface area contributed by atoms with E-state index in [9.17, 15) is 19.8 Å². The van der Waals surface area contributed by atoms with Crippen molar-refractivity contribution in [2.45, 2.75) is 39.8 Å². The Kier molecular flexibility index (Phi) is 6.01. The van der Waals surface area contributed by atoms with E-state index in [4.69, 9.17) is 0 Å². The Morgan fingerprint density at radius 3 is 1.41 bits per heavy atom. The minimum absolute atomic E-state index is 0.377. The maximum absolute atomic E-state index is 11.2. The number of rotatable bonds is 6. The van der Waals surface area contributed by atoms with Gasteiger partial charge in [0.1, 0.15) is 0 Å². The maximum Gasteiger partial charge on any atom is 0.400 e. The summed E-state index contributed by atoms with van der Waals surface area (Å²) < 4.78 is 2.60. The summed E-state index contributed by atoms with van der Waals surface area (Å²) in [5.74, 6) is 0. The van der Waals surface area contributed by atoms with E-state index in [2.05, 4.69) is 0 Å². The maximum atomic E-state index is 11.2. The fourth-order valence-corrected chi connectivity index (χ4v) is 4.57. The molecule has 7 heteroatoms. The van der Waals surface area contributed by atoms with Crippen molar-refractivity contribution in [1.29, 1.82) is 0 Å². The monoisotopic (exact) mass is 262 g/mol. The number of carboxylic acid groups (broad SMARTS) is 2. The molecule has 0 saturated heterocycles. The van der Waals surface area contributed by atoms with Crippen LogP contribution < -0.4 is 0 Å². The van der Waals surface area contributed by atoms with Gasteiger partial charge in [0.15, 0.2) is 0 Å². The topological polar surface area (TPSA) is 81.1 Å². The quantitative estimate of drug-likeness (QED) is 0.720. The lowest BCUT2D eigenvalue weighted by molar-refractivity contribution is 0.154. The summed E-state index contributed by atoms with van der Waals surface area (Å²) in [4.78, 5) is 22.4. The number of nitrogens with zero attached hydrogens (tertiary/aromatic N) is 2. The van der Waals surface area contributed by atoms with Crippen LogP contribution in [0.3, 0.4) is 0 Å². The van der Waals surface area contributed by atoms with Crippen LogP contribution in [0.25, 0.3) is 0 Å². The smallest absolute Gasteiger partial charge is 0.400 e. The molecule has 0 unspecified atom stereocenters. The molecule has 0 fully saturated rings. The molecule has 0 aliphatic heterocycles. The molecule has 0 spiro atoms. The van der Waals surface area contributed by atoms with Gasteiger partial charge in [0.05, 0.1) is 0 Å². The van der Waals surface area contributed by atoms with Crippen LogP contribution in [0.1, 0.15) is 26.7 Å². The summed E-state index contributed by atoms with van der Waals surface area (Å²) >= 11 is 0. The Morgan fingerprint density at radius 1 is 0.941 bits per heavy atom. The van der Waals surface area contributed by atoms with Crippen molar-refractivity contribution in [2.24, 2.45) is 0 Å². The molecular weight excluding hydrogens is 240 g/mol. The van der Waals surface area contributed by atoms with E-state index in [0.29, 0.717) is 25.9 Å². The van der Waals surface area contributed by atoms with Gasteiger partial charge in [-0.05, 0) is 25.9 Å². The average Bonchev–Trinajstić information content (AvgIpc) is 2.20. The molecule has 2 N–H and O–H groups in total. The highest BCUT2D eigenvalue weighted by atomic mass is 28.3. The highest BCUT2D eigenvalue weighted by molar-refractivity contribution is 6.75. The Balaban J connectivity index is 5.13. The summed E-state index contributed by atoms with van der Waals surface area (Å²) in [5, 5.41) is 18.4. The van der Waals surface area contributed by atoms with Crippen LogP contribution in [0.4, 0.5) is 9.59 Å². The Morgan fingerprint density at radius 2 is 1.24 bits per heavy atom. The number of hydrogen-bond acceptors (Lipinski definition) is 2. The molecule has 6 nitrogen and oxygen atoms in total. The van der Waals surface area contributed by atoms with Crippen molar-refractivity contribution in [1.82, 2.24) is 9.13 Å². The van der Waals surface area contributed by atoms with Gasteiger partial charge in [-0.25, -0.2) is 9.59 Å². The molecule has 0 heterocycles. The molecule has 0 aromatic rings. The van der Waals surface area contributed by atoms with Crippen molar-refractivity contribution >= 4 is 20.6 Å². The lowest BCUT2D eigenvalue weighted by atomic mass is 10.5. The number of carbonyl (C=O) groups is 2. The predicted octanol–water partition coefficient (Wildman–Crippen LogP) is 2.47. The second-order valence-electron chi connectivity index (χ2n) is 4.36. The van der Waals surface area contributed by atoms with Crippen LogP contribution in [0.15, 0.2) is 0 Å². The van der Waals surface area contributed by atoms with Crippen LogP contribution in [0.2, 0.25) is 13.1 Å². The summed E-state index contributed by atoms with van der Waals surface area (Å²) in [6, 6.07) is 0. The zero-order valence-electron chi connectivity index (χ0n) is 10.9. The van der Waals surface area contributed by atoms with Crippen LogP contribution in [-0.4, -0.2) is 53.0 Å². The van der Waals surface area contributed by atoms with E-state index in [-0.39, 0.29) is 0 Å². The van der Waals surface area contributed by atoms with Gasteiger partial charge in [-0.3, -0.25) is 0 Å². The molecule has 0 aromatic carbocycles. The first-order valence-corrected chi connectivity index (χ1v) is 8.69. The average molecular weight is 262 g/mol. The van der Waals surface area contributed by atoms with E-state index in [1.807, 2.05) is 13.8 Å². The van der Waals surface area contributed by atoms with Crippen molar-refractivity contribution in [3.63, 3.8) is 0 Å². The van der Waals surface area contributed by atoms with Crippen LogP contribution >= 0.6 is 0 Å². The van der Waals surface area contributed by atoms with E-state index in [1.165, 1.54) is 9.13 Å². The molecule has 17 heavy (non-hydrogen) atoms. The summed E-state index contributed by atoms with van der Waals surface area (Å²) in [5.41, 5.74) is 0. The zero-order chi connectivity index (χ0) is 13.6. The number of hydrogen-bond donors (Lipinski definition) is 2. The molecule has 0 aliphatic rings. The fraction of sp³-hybridized carbons (Fsp3) is 0.800. The third-order valence-corrected chi connectivity index (χ3v) is 6.15. The molecule has 2 amide bonds. The van der Waals surface area contributed by atoms with Gasteiger partial charge in [0.25, 0.3) is 8.40 Å². The molecule has 0 rings (SSSR count). The van der Waals surface area contributed by atoms with Crippen LogP contribution in [-0.2, 0) is 0 Å². The first-order valence-electron chi connectivity index (χ1n) is 5.80. The first kappa shape index (κ1) is 15.8. The molecule has 0 aliphatic carbocycles. The van der Waals surface area contributed by atoms with Crippen LogP contribution in [0, 0.1) is 0 Å². The van der Waals surface area contributed by atoms with Gasteiger partial charge in [0.2, 0.25) is 0 Å². The second-order valence-corrected chi connectivity index (χ2v) is 8.43. The lowest BCUT2D eigenvalue weighted by Crippen LogP contribution is -2.65. The van der Waals surface area contributed by atoms with Gasteiger partial charge in [-0.2, -0.15) is 0 Å². The van der Waals surface area contributed by atoms with Gasteiger partial charge in [0, 0.05) is 13.1 Å². The van der Waals surface area contributed by atoms with Crippen molar-refractivity contribution in [3.05, 3.63) is 0 Å². The predicted molar refractivity (Wildman–Crippen MR) is 67.5 cm³/mol. The first-order chi connectivity index (χ1) is 7.78. The highest BCUT2D eigenvalue weighted by Crippen LogP contribution is 2.17. The van der Waals surface area contributed by atoms with Gasteiger partial charge in [-0.1, -0.05) is 13.8 Å². The van der Waals surface area contributed by atoms with E-state index >= 15 is 0 Å². The molecule has 0 atom stereocenters. The van der Waals surface area contributed by atoms with E-state index < -0.39 is 20.6 Å². The Labute approximate surface area is 103 Å².